The van der Waals surface area contributed by atoms with E-state index >= 15 is 0 Å². The van der Waals surface area contributed by atoms with E-state index < -0.39 is 5.97 Å². The molecule has 3 aromatic rings. The predicted octanol–water partition coefficient (Wildman–Crippen LogP) is 3.40. The Morgan fingerprint density at radius 3 is 2.80 bits per heavy atom. The fourth-order valence-corrected chi connectivity index (χ4v) is 3.49. The van der Waals surface area contributed by atoms with Crippen molar-refractivity contribution in [2.45, 2.75) is 6.92 Å². The summed E-state index contributed by atoms with van der Waals surface area (Å²) in [6, 6.07) is 9.15. The highest BCUT2D eigenvalue weighted by molar-refractivity contribution is 9.10. The number of hydrogen-bond acceptors (Lipinski definition) is 4. The van der Waals surface area contributed by atoms with Gasteiger partial charge in [-0.3, -0.25) is 0 Å². The number of carbonyl (C=O) groups excluding carboxylic acids is 1. The lowest BCUT2D eigenvalue weighted by molar-refractivity contribution is -0.254. The van der Waals surface area contributed by atoms with Gasteiger partial charge in [0.15, 0.2) is 0 Å². The number of carboxylic acid groups (broad SMARTS) is 1. The molecule has 0 saturated heterocycles. The van der Waals surface area contributed by atoms with Crippen molar-refractivity contribution in [2.75, 3.05) is 0 Å². The van der Waals surface area contributed by atoms with Crippen LogP contribution in [0.2, 0.25) is 0 Å². The number of benzene rings is 1. The number of pyridine rings is 1. The topological polar surface area (TPSA) is 53.0 Å². The molecule has 0 saturated carbocycles. The fraction of sp³-hybridized carbons (Fsp3) is 0.0667. The zero-order valence-electron chi connectivity index (χ0n) is 10.5. The van der Waals surface area contributed by atoms with Crippen LogP contribution >= 0.6 is 27.3 Å². The lowest BCUT2D eigenvalue weighted by Crippen LogP contribution is -2.22. The molecule has 0 aliphatic carbocycles. The van der Waals surface area contributed by atoms with Crippen LogP contribution in [0.15, 0.2) is 40.2 Å². The van der Waals surface area contributed by atoms with Crippen molar-refractivity contribution < 1.29 is 9.90 Å². The van der Waals surface area contributed by atoms with Gasteiger partial charge in [-0.05, 0) is 58.1 Å². The Bertz CT molecular complexity index is 812. The van der Waals surface area contributed by atoms with Gasteiger partial charge in [-0.1, -0.05) is 6.07 Å². The second-order valence-corrected chi connectivity index (χ2v) is 6.26. The Hall–Kier alpha value is -1.72. The third-order valence-electron chi connectivity index (χ3n) is 3.00. The van der Waals surface area contributed by atoms with Crippen molar-refractivity contribution >= 4 is 44.1 Å². The first-order chi connectivity index (χ1) is 9.56. The van der Waals surface area contributed by atoms with E-state index in [0.717, 1.165) is 14.9 Å². The third-order valence-corrected chi connectivity index (χ3v) is 4.50. The quantitative estimate of drug-likeness (QED) is 0.714. The highest BCUT2D eigenvalue weighted by Crippen LogP contribution is 2.31. The molecule has 100 valence electrons. The summed E-state index contributed by atoms with van der Waals surface area (Å²) in [4.78, 5) is 16.9. The van der Waals surface area contributed by atoms with Gasteiger partial charge in [0.25, 0.3) is 0 Å². The molecular formula is C15H9BrNO2S-. The highest BCUT2D eigenvalue weighted by Gasteiger charge is 2.12. The number of aromatic nitrogens is 1. The predicted molar refractivity (Wildman–Crippen MR) is 81.8 cm³/mol. The zero-order chi connectivity index (χ0) is 14.3. The van der Waals surface area contributed by atoms with Crippen molar-refractivity contribution in [3.8, 4) is 10.6 Å². The number of fused-ring (bicyclic) bond motifs is 1. The van der Waals surface area contributed by atoms with Crippen LogP contribution in [-0.2, 0) is 0 Å². The maximum atomic E-state index is 11.4. The van der Waals surface area contributed by atoms with Gasteiger partial charge in [0.05, 0.1) is 22.1 Å². The maximum absolute atomic E-state index is 11.4. The van der Waals surface area contributed by atoms with Crippen LogP contribution in [0.5, 0.6) is 0 Å². The van der Waals surface area contributed by atoms with Crippen LogP contribution in [0.1, 0.15) is 15.9 Å². The lowest BCUT2D eigenvalue weighted by atomic mass is 10.0. The number of rotatable bonds is 2. The average molecular weight is 347 g/mol. The summed E-state index contributed by atoms with van der Waals surface area (Å²) in [6.45, 7) is 1.91. The van der Waals surface area contributed by atoms with Crippen LogP contribution in [0.3, 0.4) is 0 Å². The van der Waals surface area contributed by atoms with Gasteiger partial charge in [-0.2, -0.15) is 0 Å². The molecule has 2 aromatic heterocycles. The van der Waals surface area contributed by atoms with E-state index in [2.05, 4.69) is 20.9 Å². The van der Waals surface area contributed by atoms with Gasteiger partial charge < -0.3 is 9.90 Å². The Labute approximate surface area is 128 Å². The first kappa shape index (κ1) is 13.3. The minimum Gasteiger partial charge on any atom is -0.545 e. The third kappa shape index (κ3) is 2.23. The molecule has 5 heteroatoms. The van der Waals surface area contributed by atoms with Crippen LogP contribution in [0.25, 0.3) is 21.5 Å². The zero-order valence-corrected chi connectivity index (χ0v) is 12.9. The lowest BCUT2D eigenvalue weighted by Gasteiger charge is -2.11. The smallest absolute Gasteiger partial charge is 0.0858 e. The monoisotopic (exact) mass is 346 g/mol. The normalized spacial score (nSPS) is 10.9. The summed E-state index contributed by atoms with van der Waals surface area (Å²) in [6.07, 6.45) is 0. The molecule has 0 atom stereocenters. The number of aryl methyl sites for hydroxylation is 1. The van der Waals surface area contributed by atoms with E-state index in [4.69, 9.17) is 0 Å². The summed E-state index contributed by atoms with van der Waals surface area (Å²) in [5.74, 6) is -1.19. The van der Waals surface area contributed by atoms with Crippen LogP contribution in [-0.4, -0.2) is 11.0 Å². The summed E-state index contributed by atoms with van der Waals surface area (Å²) in [5.41, 5.74) is 2.43. The number of halogens is 1. The highest BCUT2D eigenvalue weighted by atomic mass is 79.9. The number of thiophene rings is 1. The summed E-state index contributed by atoms with van der Waals surface area (Å²) in [7, 11) is 0. The second kappa shape index (κ2) is 5.00. The number of aromatic carboxylic acids is 1. The van der Waals surface area contributed by atoms with Crippen molar-refractivity contribution in [1.82, 2.24) is 4.98 Å². The molecule has 3 nitrogen and oxygen atoms in total. The van der Waals surface area contributed by atoms with E-state index in [9.17, 15) is 9.90 Å². The van der Waals surface area contributed by atoms with Crippen molar-refractivity contribution in [3.63, 3.8) is 0 Å². The molecule has 0 spiro atoms. The number of hydrogen-bond donors (Lipinski definition) is 0. The van der Waals surface area contributed by atoms with Crippen LogP contribution in [0, 0.1) is 6.92 Å². The molecule has 0 unspecified atom stereocenters. The molecule has 0 aliphatic heterocycles. The molecule has 2 heterocycles. The Morgan fingerprint density at radius 2 is 2.15 bits per heavy atom. The molecule has 3 rings (SSSR count). The number of carbonyl (C=O) groups is 1. The number of nitrogens with zero attached hydrogens (tertiary/aromatic N) is 1. The summed E-state index contributed by atoms with van der Waals surface area (Å²) >= 11 is 4.98. The van der Waals surface area contributed by atoms with Gasteiger partial charge in [0.1, 0.15) is 0 Å². The summed E-state index contributed by atoms with van der Waals surface area (Å²) < 4.78 is 0.786. The minimum atomic E-state index is -1.19. The average Bonchev–Trinajstić information content (AvgIpc) is 2.91. The molecule has 0 N–H and O–H groups in total. The van der Waals surface area contributed by atoms with E-state index in [1.807, 2.05) is 36.6 Å². The molecule has 20 heavy (non-hydrogen) atoms. The Balaban J connectivity index is 2.40. The van der Waals surface area contributed by atoms with Crippen molar-refractivity contribution in [2.24, 2.45) is 0 Å². The molecule has 0 amide bonds. The van der Waals surface area contributed by atoms with Crippen molar-refractivity contribution in [3.05, 3.63) is 51.3 Å². The largest absolute Gasteiger partial charge is 0.545 e. The molecule has 0 bridgehead atoms. The molecule has 0 fully saturated rings. The van der Waals surface area contributed by atoms with E-state index in [0.29, 0.717) is 16.6 Å². The van der Waals surface area contributed by atoms with E-state index in [1.165, 1.54) is 11.3 Å². The maximum Gasteiger partial charge on any atom is 0.0858 e. The minimum absolute atomic E-state index is 0.169. The van der Waals surface area contributed by atoms with Gasteiger partial charge in [0.2, 0.25) is 0 Å². The number of carboxylic acids is 1. The molecule has 0 radical (unpaired) electrons. The first-order valence-electron chi connectivity index (χ1n) is 5.92. The van der Waals surface area contributed by atoms with Crippen molar-refractivity contribution in [1.29, 1.82) is 0 Å². The first-order valence-corrected chi connectivity index (χ1v) is 7.59. The SMILES string of the molecule is Cc1cc(Br)c2nc(-c3cccs3)cc(C(=O)[O-])c2c1. The summed E-state index contributed by atoms with van der Waals surface area (Å²) in [5, 5.41) is 13.9. The molecule has 1 aromatic carbocycles. The van der Waals surface area contributed by atoms with Gasteiger partial charge >= 0.3 is 0 Å². The molecule has 0 aliphatic rings. The Morgan fingerprint density at radius 1 is 1.35 bits per heavy atom. The van der Waals surface area contributed by atoms with Gasteiger partial charge in [-0.15, -0.1) is 11.3 Å². The second-order valence-electron chi connectivity index (χ2n) is 4.46. The van der Waals surface area contributed by atoms with Gasteiger partial charge in [0, 0.05) is 15.4 Å². The Kier molecular flexibility index (Phi) is 3.31. The van der Waals surface area contributed by atoms with Crippen LogP contribution < -0.4 is 5.11 Å². The van der Waals surface area contributed by atoms with Gasteiger partial charge in [-0.25, -0.2) is 4.98 Å². The van der Waals surface area contributed by atoms with E-state index in [-0.39, 0.29) is 5.56 Å². The van der Waals surface area contributed by atoms with E-state index in [1.54, 1.807) is 6.07 Å². The fourth-order valence-electron chi connectivity index (χ4n) is 2.14. The van der Waals surface area contributed by atoms with Crippen LogP contribution in [0.4, 0.5) is 0 Å². The standard InChI is InChI=1S/C15H10BrNO2S/c1-8-5-9-10(15(18)19)7-12(13-3-2-4-20-13)17-14(9)11(16)6-8/h2-7H,1H3,(H,18,19)/p-1. The molecular weight excluding hydrogens is 338 g/mol.